The Labute approximate surface area is 155 Å². The lowest BCUT2D eigenvalue weighted by Crippen LogP contribution is -2.36. The summed E-state index contributed by atoms with van der Waals surface area (Å²) < 4.78 is 10.8. The first-order valence-electron chi connectivity index (χ1n) is 8.49. The zero-order valence-corrected chi connectivity index (χ0v) is 15.0. The van der Waals surface area contributed by atoms with Gasteiger partial charge in [-0.05, 0) is 24.3 Å². The predicted molar refractivity (Wildman–Crippen MR) is 102 cm³/mol. The summed E-state index contributed by atoms with van der Waals surface area (Å²) in [6, 6.07) is 11.6. The van der Waals surface area contributed by atoms with Crippen LogP contribution >= 0.6 is 11.3 Å². The van der Waals surface area contributed by atoms with Crippen molar-refractivity contribution in [3.05, 3.63) is 53.7 Å². The smallest absolute Gasteiger partial charge is 0.230 e. The average molecular weight is 369 g/mol. The van der Waals surface area contributed by atoms with Gasteiger partial charge in [0.2, 0.25) is 5.91 Å². The number of furan rings is 1. The van der Waals surface area contributed by atoms with Crippen LogP contribution in [-0.4, -0.2) is 37.2 Å². The number of anilines is 2. The second-order valence-electron chi connectivity index (χ2n) is 5.96. The molecule has 26 heavy (non-hydrogen) atoms. The fraction of sp³-hybridized carbons (Fsp3) is 0.263. The van der Waals surface area contributed by atoms with Gasteiger partial charge in [0.1, 0.15) is 0 Å². The molecule has 3 aromatic rings. The Hall–Kier alpha value is -2.64. The number of morpholine rings is 1. The lowest BCUT2D eigenvalue weighted by Gasteiger charge is -2.30. The number of carbonyl (C=O) groups excluding carboxylic acids is 1. The van der Waals surface area contributed by atoms with Crippen LogP contribution in [0.2, 0.25) is 0 Å². The van der Waals surface area contributed by atoms with Gasteiger partial charge >= 0.3 is 0 Å². The summed E-state index contributed by atoms with van der Waals surface area (Å²) in [7, 11) is 0. The van der Waals surface area contributed by atoms with Crippen LogP contribution in [0, 0.1) is 0 Å². The fourth-order valence-corrected chi connectivity index (χ4v) is 3.71. The molecule has 1 aliphatic heterocycles. The number of thiazole rings is 1. The van der Waals surface area contributed by atoms with Gasteiger partial charge in [0, 0.05) is 18.5 Å². The number of para-hydroxylation sites is 2. The molecule has 0 bridgehead atoms. The van der Waals surface area contributed by atoms with Crippen molar-refractivity contribution in [3.63, 3.8) is 0 Å². The summed E-state index contributed by atoms with van der Waals surface area (Å²) in [6.45, 7) is 3.06. The molecule has 1 N–H and O–H groups in total. The van der Waals surface area contributed by atoms with Crippen LogP contribution in [0.4, 0.5) is 11.4 Å². The maximum Gasteiger partial charge on any atom is 0.230 e. The molecule has 1 aromatic carbocycles. The number of carbonyl (C=O) groups is 1. The number of hydrogen-bond acceptors (Lipinski definition) is 6. The molecule has 0 radical (unpaired) electrons. The Bertz CT molecular complexity index is 870. The summed E-state index contributed by atoms with van der Waals surface area (Å²) in [5.74, 6) is 0.640. The highest BCUT2D eigenvalue weighted by Crippen LogP contribution is 2.27. The summed E-state index contributed by atoms with van der Waals surface area (Å²) in [5, 5.41) is 5.70. The van der Waals surface area contributed by atoms with Crippen molar-refractivity contribution in [2.75, 3.05) is 36.5 Å². The quantitative estimate of drug-likeness (QED) is 0.746. The van der Waals surface area contributed by atoms with Crippen molar-refractivity contribution in [1.82, 2.24) is 4.98 Å². The molecular formula is C19H19N3O3S. The van der Waals surface area contributed by atoms with Gasteiger partial charge < -0.3 is 19.4 Å². The van der Waals surface area contributed by atoms with E-state index in [9.17, 15) is 4.79 Å². The SMILES string of the molecule is O=C(Cc1csc(-c2ccco2)n1)Nc1ccccc1N1CCOCC1. The van der Waals surface area contributed by atoms with E-state index in [1.54, 1.807) is 6.26 Å². The Kier molecular flexibility index (Phi) is 4.99. The standard InChI is InChI=1S/C19H19N3O3S/c23-18(12-14-13-26-19(20-14)17-6-3-9-25-17)21-15-4-1-2-5-16(15)22-7-10-24-11-8-22/h1-6,9,13H,7-8,10-12H2,(H,21,23). The monoisotopic (exact) mass is 369 g/mol. The van der Waals surface area contributed by atoms with Gasteiger partial charge in [-0.15, -0.1) is 11.3 Å². The van der Waals surface area contributed by atoms with E-state index in [0.29, 0.717) is 13.2 Å². The number of amides is 1. The van der Waals surface area contributed by atoms with Gasteiger partial charge in [-0.2, -0.15) is 0 Å². The normalized spacial score (nSPS) is 14.4. The lowest BCUT2D eigenvalue weighted by atomic mass is 10.2. The zero-order valence-electron chi connectivity index (χ0n) is 14.2. The lowest BCUT2D eigenvalue weighted by molar-refractivity contribution is -0.115. The number of benzene rings is 1. The Balaban J connectivity index is 1.44. The second kappa shape index (κ2) is 7.72. The molecule has 134 valence electrons. The van der Waals surface area contributed by atoms with E-state index in [0.717, 1.165) is 40.9 Å². The van der Waals surface area contributed by atoms with E-state index in [1.165, 1.54) is 11.3 Å². The number of rotatable bonds is 5. The minimum Gasteiger partial charge on any atom is -0.462 e. The van der Waals surface area contributed by atoms with Gasteiger partial charge in [0.05, 0.1) is 43.0 Å². The van der Waals surface area contributed by atoms with Crippen molar-refractivity contribution in [2.24, 2.45) is 0 Å². The molecule has 0 saturated carbocycles. The summed E-state index contributed by atoms with van der Waals surface area (Å²) in [4.78, 5) is 19.2. The van der Waals surface area contributed by atoms with Crippen LogP contribution in [-0.2, 0) is 16.0 Å². The topological polar surface area (TPSA) is 67.6 Å². The van der Waals surface area contributed by atoms with Crippen LogP contribution < -0.4 is 10.2 Å². The van der Waals surface area contributed by atoms with Crippen molar-refractivity contribution in [2.45, 2.75) is 6.42 Å². The Morgan fingerprint density at radius 1 is 1.19 bits per heavy atom. The van der Waals surface area contributed by atoms with Gasteiger partial charge in [-0.1, -0.05) is 12.1 Å². The van der Waals surface area contributed by atoms with Crippen LogP contribution in [0.1, 0.15) is 5.69 Å². The van der Waals surface area contributed by atoms with E-state index in [2.05, 4.69) is 15.2 Å². The largest absolute Gasteiger partial charge is 0.462 e. The first-order chi connectivity index (χ1) is 12.8. The number of nitrogens with one attached hydrogen (secondary N) is 1. The first kappa shape index (κ1) is 16.8. The Morgan fingerprint density at radius 2 is 2.04 bits per heavy atom. The molecule has 1 aliphatic rings. The van der Waals surface area contributed by atoms with Crippen molar-refractivity contribution >= 4 is 28.6 Å². The number of ether oxygens (including phenoxy) is 1. The van der Waals surface area contributed by atoms with E-state index in [-0.39, 0.29) is 12.3 Å². The van der Waals surface area contributed by atoms with Crippen LogP contribution in [0.25, 0.3) is 10.8 Å². The van der Waals surface area contributed by atoms with Crippen LogP contribution in [0.5, 0.6) is 0 Å². The number of hydrogen-bond donors (Lipinski definition) is 1. The minimum absolute atomic E-state index is 0.0815. The molecule has 0 aliphatic carbocycles. The summed E-state index contributed by atoms with van der Waals surface area (Å²) in [5.41, 5.74) is 2.59. The molecule has 0 unspecified atom stereocenters. The maximum atomic E-state index is 12.5. The average Bonchev–Trinajstić information content (AvgIpc) is 3.34. The summed E-state index contributed by atoms with van der Waals surface area (Å²) in [6.07, 6.45) is 1.85. The van der Waals surface area contributed by atoms with E-state index < -0.39 is 0 Å². The van der Waals surface area contributed by atoms with Crippen LogP contribution in [0.15, 0.2) is 52.5 Å². The molecule has 1 saturated heterocycles. The van der Waals surface area contributed by atoms with Gasteiger partial charge in [0.15, 0.2) is 10.8 Å². The third-order valence-corrected chi connectivity index (χ3v) is 5.06. The summed E-state index contributed by atoms with van der Waals surface area (Å²) >= 11 is 1.47. The number of aromatic nitrogens is 1. The highest BCUT2D eigenvalue weighted by atomic mass is 32.1. The maximum absolute atomic E-state index is 12.5. The Morgan fingerprint density at radius 3 is 2.85 bits per heavy atom. The van der Waals surface area contributed by atoms with E-state index in [1.807, 2.05) is 41.8 Å². The molecule has 4 rings (SSSR count). The van der Waals surface area contributed by atoms with Crippen LogP contribution in [0.3, 0.4) is 0 Å². The van der Waals surface area contributed by atoms with E-state index >= 15 is 0 Å². The third kappa shape index (κ3) is 3.79. The molecular weight excluding hydrogens is 350 g/mol. The van der Waals surface area contributed by atoms with E-state index in [4.69, 9.17) is 9.15 Å². The second-order valence-corrected chi connectivity index (χ2v) is 6.82. The third-order valence-electron chi connectivity index (χ3n) is 4.16. The van der Waals surface area contributed by atoms with Crippen molar-refractivity contribution in [3.8, 4) is 10.8 Å². The highest BCUT2D eigenvalue weighted by Gasteiger charge is 2.16. The molecule has 0 spiro atoms. The minimum atomic E-state index is -0.0815. The molecule has 2 aromatic heterocycles. The number of nitrogens with zero attached hydrogens (tertiary/aromatic N) is 2. The van der Waals surface area contributed by atoms with Gasteiger partial charge in [0.25, 0.3) is 0 Å². The molecule has 0 atom stereocenters. The highest BCUT2D eigenvalue weighted by molar-refractivity contribution is 7.13. The zero-order chi connectivity index (χ0) is 17.8. The van der Waals surface area contributed by atoms with Crippen molar-refractivity contribution in [1.29, 1.82) is 0 Å². The van der Waals surface area contributed by atoms with Gasteiger partial charge in [-0.3, -0.25) is 4.79 Å². The molecule has 3 heterocycles. The van der Waals surface area contributed by atoms with Gasteiger partial charge in [-0.25, -0.2) is 4.98 Å². The first-order valence-corrected chi connectivity index (χ1v) is 9.37. The molecule has 7 heteroatoms. The molecule has 1 amide bonds. The fourth-order valence-electron chi connectivity index (χ4n) is 2.92. The molecule has 1 fully saturated rings. The van der Waals surface area contributed by atoms with Crippen molar-refractivity contribution < 1.29 is 13.9 Å². The molecule has 6 nitrogen and oxygen atoms in total. The predicted octanol–water partition coefficient (Wildman–Crippen LogP) is 3.42.